The SMILES string of the molecule is COC(=O)[C@H](C)NC(=O)[C@H](CCCN=C(N)N)N(C(=O)[C@H](C)NC(=O)OC(C)(C)C)[N+](=O)[O-]. The Morgan fingerprint density at radius 3 is 2.15 bits per heavy atom. The fraction of sp³-hybridized carbons (Fsp3) is 0.722. The summed E-state index contributed by atoms with van der Waals surface area (Å²) >= 11 is 0. The lowest BCUT2D eigenvalue weighted by Gasteiger charge is -2.26. The second-order valence-electron chi connectivity index (χ2n) is 8.01. The third-order valence-corrected chi connectivity index (χ3v) is 3.95. The summed E-state index contributed by atoms with van der Waals surface area (Å²) in [5.74, 6) is -3.17. The van der Waals surface area contributed by atoms with Crippen LogP contribution < -0.4 is 22.1 Å². The van der Waals surface area contributed by atoms with Crippen molar-refractivity contribution in [1.29, 1.82) is 0 Å². The van der Waals surface area contributed by atoms with Crippen molar-refractivity contribution < 1.29 is 33.7 Å². The molecular weight excluding hydrogens is 442 g/mol. The maximum atomic E-state index is 12.8. The van der Waals surface area contributed by atoms with Crippen molar-refractivity contribution in [3.8, 4) is 0 Å². The van der Waals surface area contributed by atoms with Crippen LogP contribution in [0, 0.1) is 10.1 Å². The molecule has 15 nitrogen and oxygen atoms in total. The molecular formula is C18H33N7O8. The minimum atomic E-state index is -1.64. The highest BCUT2D eigenvalue weighted by Crippen LogP contribution is 2.13. The maximum Gasteiger partial charge on any atom is 0.408 e. The summed E-state index contributed by atoms with van der Waals surface area (Å²) in [4.78, 5) is 64.7. The van der Waals surface area contributed by atoms with E-state index in [1.165, 1.54) is 13.8 Å². The smallest absolute Gasteiger partial charge is 0.408 e. The Morgan fingerprint density at radius 1 is 1.12 bits per heavy atom. The number of aliphatic imine (C=N–C) groups is 1. The molecule has 6 N–H and O–H groups in total. The van der Waals surface area contributed by atoms with E-state index in [9.17, 15) is 29.3 Å². The van der Waals surface area contributed by atoms with Gasteiger partial charge in [-0.2, -0.15) is 0 Å². The number of hydrogen-bond donors (Lipinski definition) is 4. The molecule has 0 aliphatic heterocycles. The summed E-state index contributed by atoms with van der Waals surface area (Å²) in [6.07, 6.45) is -1.10. The van der Waals surface area contributed by atoms with Crippen LogP contribution in [0.5, 0.6) is 0 Å². The number of nitro groups is 1. The zero-order valence-electron chi connectivity index (χ0n) is 19.6. The van der Waals surface area contributed by atoms with Crippen LogP contribution in [0.25, 0.3) is 0 Å². The minimum Gasteiger partial charge on any atom is -0.467 e. The summed E-state index contributed by atoms with van der Waals surface area (Å²) < 4.78 is 9.56. The minimum absolute atomic E-state index is 0.0319. The Hall–Kier alpha value is -3.65. The van der Waals surface area contributed by atoms with Gasteiger partial charge in [-0.05, 0) is 52.5 Å². The first kappa shape index (κ1) is 29.3. The van der Waals surface area contributed by atoms with Crippen LogP contribution in [0.2, 0.25) is 0 Å². The molecule has 0 heterocycles. The number of alkyl carbamates (subject to hydrolysis) is 1. The molecule has 0 saturated heterocycles. The molecule has 0 aliphatic carbocycles. The van der Waals surface area contributed by atoms with E-state index >= 15 is 0 Å². The topological polar surface area (TPSA) is 222 Å². The first-order valence-corrected chi connectivity index (χ1v) is 10.0. The van der Waals surface area contributed by atoms with Gasteiger partial charge in [0.1, 0.15) is 17.7 Å². The lowest BCUT2D eigenvalue weighted by molar-refractivity contribution is -0.640. The second kappa shape index (κ2) is 13.0. The highest BCUT2D eigenvalue weighted by Gasteiger charge is 2.42. The Morgan fingerprint density at radius 2 is 1.70 bits per heavy atom. The fourth-order valence-corrected chi connectivity index (χ4v) is 2.49. The van der Waals surface area contributed by atoms with Crippen LogP contribution in [-0.2, 0) is 23.9 Å². The molecule has 0 aromatic heterocycles. The molecule has 0 aliphatic rings. The first-order chi connectivity index (χ1) is 15.1. The Bertz CT molecular complexity index is 761. The Kier molecular flexibility index (Phi) is 11.6. The van der Waals surface area contributed by atoms with Crippen LogP contribution in [0.1, 0.15) is 47.5 Å². The molecule has 15 heteroatoms. The van der Waals surface area contributed by atoms with Crippen LogP contribution >= 0.6 is 0 Å². The molecule has 0 aromatic rings. The number of ether oxygens (including phenoxy) is 2. The maximum absolute atomic E-state index is 12.8. The normalized spacial score (nSPS) is 13.5. The zero-order valence-corrected chi connectivity index (χ0v) is 19.6. The summed E-state index contributed by atoms with van der Waals surface area (Å²) in [5.41, 5.74) is 9.62. The molecule has 0 rings (SSSR count). The first-order valence-electron chi connectivity index (χ1n) is 10.0. The number of hydrogen-bond acceptors (Lipinski definition) is 9. The van der Waals surface area contributed by atoms with Crippen LogP contribution in [-0.4, -0.2) is 77.3 Å². The van der Waals surface area contributed by atoms with Gasteiger partial charge in [-0.25, -0.2) is 19.7 Å². The summed E-state index contributed by atoms with van der Waals surface area (Å²) in [6, 6.07) is -4.18. The number of esters is 1. The van der Waals surface area contributed by atoms with Crippen LogP contribution in [0.15, 0.2) is 4.99 Å². The highest BCUT2D eigenvalue weighted by atomic mass is 16.7. The Labute approximate surface area is 191 Å². The van der Waals surface area contributed by atoms with E-state index in [-0.39, 0.29) is 30.4 Å². The van der Waals surface area contributed by atoms with Crippen LogP contribution in [0.3, 0.4) is 0 Å². The predicted molar refractivity (Wildman–Crippen MR) is 116 cm³/mol. The summed E-state index contributed by atoms with van der Waals surface area (Å²) in [6.45, 7) is 7.34. The van der Waals surface area contributed by atoms with E-state index in [4.69, 9.17) is 16.2 Å². The number of amides is 3. The molecule has 0 saturated carbocycles. The summed E-state index contributed by atoms with van der Waals surface area (Å²) in [5, 5.41) is 15.2. The number of rotatable bonds is 11. The molecule has 0 bridgehead atoms. The molecule has 3 atom stereocenters. The molecule has 0 spiro atoms. The standard InChI is InChI=1S/C18H33N7O8/c1-10(23-17(29)33-18(3,4)5)14(27)24(25(30)31)12(8-7-9-21-16(19)20)13(26)22-11(2)15(28)32-6/h10-12H,7-9H2,1-6H3,(H,22,26)(H,23,29)(H4,19,20,21)/t10-,11-,12-/m0/s1. The van der Waals surface area contributed by atoms with Crippen molar-refractivity contribution in [2.45, 2.75) is 71.2 Å². The summed E-state index contributed by atoms with van der Waals surface area (Å²) in [7, 11) is 1.11. The number of methoxy groups -OCH3 is 1. The molecule has 0 radical (unpaired) electrons. The molecule has 3 amide bonds. The number of carbonyl (C=O) groups excluding carboxylic acids is 4. The zero-order chi connectivity index (χ0) is 25.9. The van der Waals surface area contributed by atoms with E-state index in [0.717, 1.165) is 7.11 Å². The van der Waals surface area contributed by atoms with Gasteiger partial charge in [0.05, 0.1) is 7.11 Å². The van der Waals surface area contributed by atoms with Gasteiger partial charge in [-0.1, -0.05) is 0 Å². The molecule has 33 heavy (non-hydrogen) atoms. The monoisotopic (exact) mass is 475 g/mol. The van der Waals surface area contributed by atoms with Gasteiger partial charge in [0, 0.05) is 6.54 Å². The van der Waals surface area contributed by atoms with Crippen molar-refractivity contribution >= 4 is 29.8 Å². The predicted octanol–water partition coefficient (Wildman–Crippen LogP) is -0.980. The van der Waals surface area contributed by atoms with Gasteiger partial charge in [0.2, 0.25) is 5.91 Å². The number of nitrogens with two attached hydrogens (primary N) is 2. The third-order valence-electron chi connectivity index (χ3n) is 3.95. The average molecular weight is 476 g/mol. The second-order valence-corrected chi connectivity index (χ2v) is 8.01. The number of guanidine groups is 1. The largest absolute Gasteiger partial charge is 0.467 e. The molecule has 188 valence electrons. The highest BCUT2D eigenvalue weighted by molar-refractivity contribution is 5.92. The van der Waals surface area contributed by atoms with E-state index in [1.54, 1.807) is 20.8 Å². The number of carbonyl (C=O) groups is 4. The average Bonchev–Trinajstić information content (AvgIpc) is 2.66. The van der Waals surface area contributed by atoms with Crippen LogP contribution in [0.4, 0.5) is 4.79 Å². The van der Waals surface area contributed by atoms with Crippen molar-refractivity contribution in [2.75, 3.05) is 13.7 Å². The molecule has 0 aromatic carbocycles. The number of hydrazine groups is 1. The van der Waals surface area contributed by atoms with Gasteiger partial charge < -0.3 is 31.6 Å². The van der Waals surface area contributed by atoms with Crippen molar-refractivity contribution in [2.24, 2.45) is 16.5 Å². The quantitative estimate of drug-likeness (QED) is 0.0713. The van der Waals surface area contributed by atoms with Crippen molar-refractivity contribution in [3.05, 3.63) is 10.1 Å². The molecule has 0 fully saturated rings. The fourth-order valence-electron chi connectivity index (χ4n) is 2.49. The third kappa shape index (κ3) is 11.0. The number of nitrogens with zero attached hydrogens (tertiary/aromatic N) is 3. The Balaban J connectivity index is 5.74. The lowest BCUT2D eigenvalue weighted by atomic mass is 10.1. The van der Waals surface area contributed by atoms with Gasteiger partial charge >= 0.3 is 18.0 Å². The molecule has 0 unspecified atom stereocenters. The van der Waals surface area contributed by atoms with Gasteiger partial charge in [0.15, 0.2) is 17.0 Å². The van der Waals surface area contributed by atoms with E-state index in [0.29, 0.717) is 0 Å². The number of nitrogens with one attached hydrogen (secondary N) is 2. The van der Waals surface area contributed by atoms with Crippen molar-refractivity contribution in [1.82, 2.24) is 15.6 Å². The van der Waals surface area contributed by atoms with Gasteiger partial charge in [0.25, 0.3) is 0 Å². The van der Waals surface area contributed by atoms with E-state index in [2.05, 4.69) is 20.4 Å². The van der Waals surface area contributed by atoms with Gasteiger partial charge in [-0.3, -0.25) is 14.6 Å². The van der Waals surface area contributed by atoms with Gasteiger partial charge in [-0.15, -0.1) is 0 Å². The lowest BCUT2D eigenvalue weighted by Crippen LogP contribution is -2.58. The van der Waals surface area contributed by atoms with E-state index in [1.807, 2.05) is 0 Å². The van der Waals surface area contributed by atoms with E-state index < -0.39 is 52.6 Å². The van der Waals surface area contributed by atoms with Crippen molar-refractivity contribution in [3.63, 3.8) is 0 Å².